The van der Waals surface area contributed by atoms with E-state index in [4.69, 9.17) is 5.73 Å². The van der Waals surface area contributed by atoms with E-state index in [9.17, 15) is 8.42 Å². The Morgan fingerprint density at radius 2 is 2.15 bits per heavy atom. The molecule has 3 rings (SSSR count). The molecule has 2 atom stereocenters. The molecule has 2 heterocycles. The predicted octanol–water partition coefficient (Wildman–Crippen LogP) is 1.19. The molecule has 6 heteroatoms. The molecule has 0 spiro atoms. The summed E-state index contributed by atoms with van der Waals surface area (Å²) in [6.07, 6.45) is 2.02. The largest absolute Gasteiger partial charge is 0.351 e. The topological polar surface area (TPSA) is 75.8 Å². The van der Waals surface area contributed by atoms with E-state index in [0.29, 0.717) is 28.8 Å². The molecule has 5 nitrogen and oxygen atoms in total. The SMILES string of the molecule is CC1CCN(C2=NS(=O)(=O)c3ccccc32)C(CN)C1. The van der Waals surface area contributed by atoms with E-state index in [0.717, 1.165) is 19.4 Å². The third-order valence-corrected chi connectivity index (χ3v) is 5.46. The highest BCUT2D eigenvalue weighted by Gasteiger charge is 2.36. The van der Waals surface area contributed by atoms with Gasteiger partial charge in [-0.2, -0.15) is 8.42 Å². The molecule has 2 N–H and O–H groups in total. The van der Waals surface area contributed by atoms with Crippen LogP contribution in [-0.4, -0.2) is 38.3 Å². The normalized spacial score (nSPS) is 28.1. The van der Waals surface area contributed by atoms with Crippen LogP contribution in [0.5, 0.6) is 0 Å². The van der Waals surface area contributed by atoms with Gasteiger partial charge in [0.15, 0.2) is 5.84 Å². The van der Waals surface area contributed by atoms with Crippen LogP contribution in [0, 0.1) is 5.92 Å². The van der Waals surface area contributed by atoms with Crippen LogP contribution in [0.15, 0.2) is 33.6 Å². The van der Waals surface area contributed by atoms with Crippen molar-refractivity contribution in [2.75, 3.05) is 13.1 Å². The second-order valence-electron chi connectivity index (χ2n) is 5.60. The number of likely N-dealkylation sites (tertiary alicyclic amines) is 1. The Bertz CT molecular complexity index is 654. The summed E-state index contributed by atoms with van der Waals surface area (Å²) in [7, 11) is -3.54. The highest BCUT2D eigenvalue weighted by molar-refractivity contribution is 7.90. The fraction of sp³-hybridized carbons (Fsp3) is 0.500. The smallest absolute Gasteiger partial charge is 0.285 e. The number of piperidine rings is 1. The number of amidine groups is 1. The Morgan fingerprint density at radius 3 is 2.90 bits per heavy atom. The molecular formula is C14H19N3O2S. The summed E-state index contributed by atoms with van der Waals surface area (Å²) in [5.41, 5.74) is 6.57. The van der Waals surface area contributed by atoms with Gasteiger partial charge in [0, 0.05) is 24.7 Å². The van der Waals surface area contributed by atoms with Gasteiger partial charge < -0.3 is 10.6 Å². The minimum atomic E-state index is -3.54. The van der Waals surface area contributed by atoms with Crippen LogP contribution >= 0.6 is 0 Å². The molecule has 2 unspecified atom stereocenters. The Morgan fingerprint density at radius 1 is 1.40 bits per heavy atom. The Kier molecular flexibility index (Phi) is 3.30. The molecule has 1 aromatic carbocycles. The number of hydrogen-bond donors (Lipinski definition) is 1. The van der Waals surface area contributed by atoms with Crippen LogP contribution in [0.1, 0.15) is 25.3 Å². The molecule has 0 bridgehead atoms. The first-order chi connectivity index (χ1) is 9.53. The molecular weight excluding hydrogens is 274 g/mol. The van der Waals surface area contributed by atoms with Gasteiger partial charge in [0.1, 0.15) is 4.90 Å². The van der Waals surface area contributed by atoms with Crippen LogP contribution in [-0.2, 0) is 10.0 Å². The number of hydrogen-bond acceptors (Lipinski definition) is 4. The average molecular weight is 293 g/mol. The monoisotopic (exact) mass is 293 g/mol. The molecule has 0 amide bonds. The van der Waals surface area contributed by atoms with Gasteiger partial charge in [-0.3, -0.25) is 0 Å². The minimum absolute atomic E-state index is 0.166. The molecule has 1 saturated heterocycles. The van der Waals surface area contributed by atoms with Crippen molar-refractivity contribution in [2.24, 2.45) is 16.0 Å². The van der Waals surface area contributed by atoms with Crippen LogP contribution in [0.2, 0.25) is 0 Å². The second kappa shape index (κ2) is 4.86. The molecule has 0 aromatic heterocycles. The summed E-state index contributed by atoms with van der Waals surface area (Å²) < 4.78 is 28.2. The zero-order valence-corrected chi connectivity index (χ0v) is 12.3. The number of sulfonamides is 1. The molecule has 0 aliphatic carbocycles. The molecule has 20 heavy (non-hydrogen) atoms. The lowest BCUT2D eigenvalue weighted by Gasteiger charge is -2.39. The van der Waals surface area contributed by atoms with Crippen molar-refractivity contribution in [1.82, 2.24) is 4.90 Å². The predicted molar refractivity (Wildman–Crippen MR) is 78.1 cm³/mol. The zero-order valence-electron chi connectivity index (χ0n) is 11.5. The van der Waals surface area contributed by atoms with E-state index >= 15 is 0 Å². The molecule has 1 aromatic rings. The highest BCUT2D eigenvalue weighted by atomic mass is 32.2. The van der Waals surface area contributed by atoms with Crippen molar-refractivity contribution in [3.63, 3.8) is 0 Å². The van der Waals surface area contributed by atoms with E-state index in [2.05, 4.69) is 16.2 Å². The fourth-order valence-electron chi connectivity index (χ4n) is 3.05. The van der Waals surface area contributed by atoms with Gasteiger partial charge in [-0.1, -0.05) is 19.1 Å². The van der Waals surface area contributed by atoms with Crippen LogP contribution < -0.4 is 5.73 Å². The van der Waals surface area contributed by atoms with Gasteiger partial charge in [-0.05, 0) is 30.9 Å². The summed E-state index contributed by atoms with van der Waals surface area (Å²) in [6.45, 7) is 3.54. The molecule has 108 valence electrons. The van der Waals surface area contributed by atoms with Crippen molar-refractivity contribution in [3.05, 3.63) is 29.8 Å². The van der Waals surface area contributed by atoms with Gasteiger partial charge in [-0.25, -0.2) is 0 Å². The lowest BCUT2D eigenvalue weighted by atomic mass is 9.92. The number of benzene rings is 1. The number of nitrogens with zero attached hydrogens (tertiary/aromatic N) is 2. The summed E-state index contributed by atoms with van der Waals surface area (Å²) in [6, 6.07) is 7.18. The maximum Gasteiger partial charge on any atom is 0.285 e. The summed E-state index contributed by atoms with van der Waals surface area (Å²) >= 11 is 0. The highest BCUT2D eigenvalue weighted by Crippen LogP contribution is 2.31. The minimum Gasteiger partial charge on any atom is -0.351 e. The molecule has 0 radical (unpaired) electrons. The Labute approximate surface area is 119 Å². The van der Waals surface area contributed by atoms with Gasteiger partial charge in [0.2, 0.25) is 0 Å². The lowest BCUT2D eigenvalue weighted by Crippen LogP contribution is -2.49. The van der Waals surface area contributed by atoms with Crippen molar-refractivity contribution in [3.8, 4) is 0 Å². The fourth-order valence-corrected chi connectivity index (χ4v) is 4.27. The molecule has 2 aliphatic rings. The summed E-state index contributed by atoms with van der Waals surface area (Å²) in [5, 5.41) is 0. The third kappa shape index (κ3) is 2.13. The number of fused-ring (bicyclic) bond motifs is 1. The molecule has 0 saturated carbocycles. The molecule has 2 aliphatic heterocycles. The van der Waals surface area contributed by atoms with E-state index in [1.807, 2.05) is 12.1 Å². The zero-order chi connectivity index (χ0) is 14.3. The lowest BCUT2D eigenvalue weighted by molar-refractivity contribution is 0.201. The van der Waals surface area contributed by atoms with E-state index in [1.54, 1.807) is 12.1 Å². The van der Waals surface area contributed by atoms with Crippen molar-refractivity contribution < 1.29 is 8.42 Å². The van der Waals surface area contributed by atoms with Crippen molar-refractivity contribution in [1.29, 1.82) is 0 Å². The van der Waals surface area contributed by atoms with Crippen LogP contribution in [0.3, 0.4) is 0 Å². The summed E-state index contributed by atoms with van der Waals surface area (Å²) in [4.78, 5) is 2.38. The Hall–Kier alpha value is -1.40. The van der Waals surface area contributed by atoms with E-state index in [-0.39, 0.29) is 6.04 Å². The second-order valence-corrected chi connectivity index (χ2v) is 7.17. The first kappa shape index (κ1) is 13.6. The number of nitrogens with two attached hydrogens (primary N) is 1. The van der Waals surface area contributed by atoms with Crippen LogP contribution in [0.25, 0.3) is 0 Å². The van der Waals surface area contributed by atoms with E-state index in [1.165, 1.54) is 0 Å². The van der Waals surface area contributed by atoms with Gasteiger partial charge in [0.05, 0.1) is 0 Å². The first-order valence-corrected chi connectivity index (χ1v) is 8.38. The average Bonchev–Trinajstić information content (AvgIpc) is 2.71. The summed E-state index contributed by atoms with van der Waals surface area (Å²) in [5.74, 6) is 1.19. The van der Waals surface area contributed by atoms with Gasteiger partial charge in [0.25, 0.3) is 10.0 Å². The van der Waals surface area contributed by atoms with Gasteiger partial charge in [-0.15, -0.1) is 4.40 Å². The maximum atomic E-state index is 12.1. The standard InChI is InChI=1S/C14H19N3O2S/c1-10-6-7-17(11(8-10)9-15)14-12-4-2-3-5-13(12)20(18,19)16-14/h2-5,10-11H,6-9,15H2,1H3. The third-order valence-electron chi connectivity index (χ3n) is 4.13. The van der Waals surface area contributed by atoms with Crippen molar-refractivity contribution in [2.45, 2.75) is 30.7 Å². The van der Waals surface area contributed by atoms with E-state index < -0.39 is 10.0 Å². The van der Waals surface area contributed by atoms with Crippen LogP contribution in [0.4, 0.5) is 0 Å². The quantitative estimate of drug-likeness (QED) is 0.844. The number of rotatable bonds is 1. The first-order valence-electron chi connectivity index (χ1n) is 6.94. The Balaban J connectivity index is 2.03. The molecule has 1 fully saturated rings. The van der Waals surface area contributed by atoms with Gasteiger partial charge >= 0.3 is 0 Å². The maximum absolute atomic E-state index is 12.1. The van der Waals surface area contributed by atoms with Crippen molar-refractivity contribution >= 4 is 15.9 Å².